The molecule has 1 aromatic heterocycles. The van der Waals surface area contributed by atoms with Crippen molar-refractivity contribution in [3.05, 3.63) is 36.0 Å². The molecule has 19 heavy (non-hydrogen) atoms. The molecule has 0 fully saturated rings. The lowest BCUT2D eigenvalue weighted by molar-refractivity contribution is -0.140. The van der Waals surface area contributed by atoms with Gasteiger partial charge in [-0.1, -0.05) is 0 Å². The molecule has 0 saturated carbocycles. The number of aromatic nitrogens is 1. The zero-order valence-corrected chi connectivity index (χ0v) is 11.0. The summed E-state index contributed by atoms with van der Waals surface area (Å²) < 4.78 is 4.55. The second-order valence-corrected chi connectivity index (χ2v) is 4.33. The number of amides is 1. The van der Waals surface area contributed by atoms with Gasteiger partial charge in [0.25, 0.3) is 5.91 Å². The van der Waals surface area contributed by atoms with Crippen molar-refractivity contribution in [1.29, 1.82) is 0 Å². The van der Waals surface area contributed by atoms with Crippen LogP contribution in [0.1, 0.15) is 16.8 Å². The summed E-state index contributed by atoms with van der Waals surface area (Å²) in [6.07, 6.45) is 2.03. The molecule has 0 aliphatic rings. The number of nitrogens with zero attached hydrogens (tertiary/aromatic N) is 1. The molecular weight excluding hydrogens is 244 g/mol. The molecule has 0 aliphatic carbocycles. The van der Waals surface area contributed by atoms with Gasteiger partial charge in [0, 0.05) is 36.3 Å². The van der Waals surface area contributed by atoms with Crippen LogP contribution < -0.4 is 0 Å². The molecule has 2 rings (SSSR count). The molecule has 0 bridgehead atoms. The Bertz CT molecular complexity index is 604. The van der Waals surface area contributed by atoms with Crippen molar-refractivity contribution in [3.63, 3.8) is 0 Å². The van der Waals surface area contributed by atoms with Crippen LogP contribution in [0.2, 0.25) is 0 Å². The van der Waals surface area contributed by atoms with E-state index in [0.717, 1.165) is 10.9 Å². The molecule has 0 unspecified atom stereocenters. The highest BCUT2D eigenvalue weighted by Gasteiger charge is 2.13. The lowest BCUT2D eigenvalue weighted by atomic mass is 10.1. The molecule has 100 valence electrons. The van der Waals surface area contributed by atoms with Gasteiger partial charge in [-0.15, -0.1) is 0 Å². The van der Waals surface area contributed by atoms with E-state index in [1.165, 1.54) is 12.0 Å². The fourth-order valence-electron chi connectivity index (χ4n) is 1.87. The van der Waals surface area contributed by atoms with Crippen molar-refractivity contribution in [2.75, 3.05) is 20.7 Å². The summed E-state index contributed by atoms with van der Waals surface area (Å²) in [6, 6.07) is 7.40. The van der Waals surface area contributed by atoms with E-state index in [4.69, 9.17) is 0 Å². The van der Waals surface area contributed by atoms with Crippen LogP contribution in [0.5, 0.6) is 0 Å². The molecule has 0 radical (unpaired) electrons. The topological polar surface area (TPSA) is 62.4 Å². The summed E-state index contributed by atoms with van der Waals surface area (Å²) in [4.78, 5) is 27.8. The number of methoxy groups -OCH3 is 1. The molecule has 0 aliphatic heterocycles. The number of rotatable bonds is 4. The van der Waals surface area contributed by atoms with E-state index in [9.17, 15) is 9.59 Å². The number of H-pyrrole nitrogens is 1. The summed E-state index contributed by atoms with van der Waals surface area (Å²) in [6.45, 7) is 0.344. The average Bonchev–Trinajstić information content (AvgIpc) is 2.90. The van der Waals surface area contributed by atoms with Crippen LogP contribution >= 0.6 is 0 Å². The van der Waals surface area contributed by atoms with E-state index < -0.39 is 0 Å². The second-order valence-electron chi connectivity index (χ2n) is 4.33. The molecule has 2 aromatic rings. The zero-order valence-electron chi connectivity index (χ0n) is 11.0. The van der Waals surface area contributed by atoms with Crippen LogP contribution in [0.25, 0.3) is 10.9 Å². The highest BCUT2D eigenvalue weighted by molar-refractivity contribution is 5.98. The lowest BCUT2D eigenvalue weighted by Crippen LogP contribution is -2.29. The van der Waals surface area contributed by atoms with Gasteiger partial charge in [0.1, 0.15) is 0 Å². The number of aromatic amines is 1. The largest absolute Gasteiger partial charge is 0.469 e. The minimum absolute atomic E-state index is 0.105. The van der Waals surface area contributed by atoms with Crippen molar-refractivity contribution < 1.29 is 14.3 Å². The molecule has 0 saturated heterocycles. The van der Waals surface area contributed by atoms with Crippen LogP contribution in [0.3, 0.4) is 0 Å². The van der Waals surface area contributed by atoms with Gasteiger partial charge >= 0.3 is 5.97 Å². The Labute approximate surface area is 111 Å². The van der Waals surface area contributed by atoms with Gasteiger partial charge in [0.15, 0.2) is 0 Å². The molecule has 5 nitrogen and oxygen atoms in total. The van der Waals surface area contributed by atoms with Crippen molar-refractivity contribution >= 4 is 22.8 Å². The van der Waals surface area contributed by atoms with Gasteiger partial charge < -0.3 is 14.6 Å². The van der Waals surface area contributed by atoms with Crippen LogP contribution in [0, 0.1) is 0 Å². The first-order chi connectivity index (χ1) is 9.11. The maximum Gasteiger partial charge on any atom is 0.307 e. The van der Waals surface area contributed by atoms with Crippen molar-refractivity contribution in [1.82, 2.24) is 9.88 Å². The van der Waals surface area contributed by atoms with Crippen LogP contribution in [-0.4, -0.2) is 42.5 Å². The van der Waals surface area contributed by atoms with Crippen molar-refractivity contribution in [3.8, 4) is 0 Å². The summed E-state index contributed by atoms with van der Waals surface area (Å²) >= 11 is 0. The number of fused-ring (bicyclic) bond motifs is 1. The molecule has 0 atom stereocenters. The summed E-state index contributed by atoms with van der Waals surface area (Å²) in [5.41, 5.74) is 1.60. The Morgan fingerprint density at radius 2 is 2.11 bits per heavy atom. The highest BCUT2D eigenvalue weighted by atomic mass is 16.5. The predicted molar refractivity (Wildman–Crippen MR) is 71.9 cm³/mol. The highest BCUT2D eigenvalue weighted by Crippen LogP contribution is 2.15. The minimum Gasteiger partial charge on any atom is -0.469 e. The van der Waals surface area contributed by atoms with Gasteiger partial charge in [0.2, 0.25) is 0 Å². The van der Waals surface area contributed by atoms with Crippen molar-refractivity contribution in [2.45, 2.75) is 6.42 Å². The fraction of sp³-hybridized carbons (Fsp3) is 0.286. The number of carbonyl (C=O) groups is 2. The monoisotopic (exact) mass is 260 g/mol. The van der Waals surface area contributed by atoms with Gasteiger partial charge in [-0.2, -0.15) is 0 Å². The number of benzene rings is 1. The smallest absolute Gasteiger partial charge is 0.307 e. The SMILES string of the molecule is COC(=O)CCN(C)C(=O)c1ccc2[nH]ccc2c1. The minimum atomic E-state index is -0.319. The van der Waals surface area contributed by atoms with Gasteiger partial charge in [-0.25, -0.2) is 0 Å². The van der Waals surface area contributed by atoms with Crippen LogP contribution in [0.4, 0.5) is 0 Å². The summed E-state index contributed by atoms with van der Waals surface area (Å²) in [5.74, 6) is -0.423. The maximum atomic E-state index is 12.2. The molecule has 0 spiro atoms. The Morgan fingerprint density at radius 1 is 1.32 bits per heavy atom. The van der Waals surface area contributed by atoms with E-state index in [1.807, 2.05) is 24.4 Å². The number of hydrogen-bond donors (Lipinski definition) is 1. The van der Waals surface area contributed by atoms with Crippen molar-refractivity contribution in [2.24, 2.45) is 0 Å². The Balaban J connectivity index is 2.07. The Morgan fingerprint density at radius 3 is 2.84 bits per heavy atom. The standard InChI is InChI=1S/C14H16N2O3/c1-16(8-6-13(17)19-2)14(18)11-3-4-12-10(9-11)5-7-15-12/h3-5,7,9,15H,6,8H2,1-2H3. The Kier molecular flexibility index (Phi) is 3.85. The number of ether oxygens (including phenoxy) is 1. The van der Waals surface area contributed by atoms with E-state index in [2.05, 4.69) is 9.72 Å². The third-order valence-corrected chi connectivity index (χ3v) is 3.03. The third-order valence-electron chi connectivity index (χ3n) is 3.03. The molecule has 1 aromatic carbocycles. The molecular formula is C14H16N2O3. The van der Waals surface area contributed by atoms with E-state index in [1.54, 1.807) is 13.1 Å². The summed E-state index contributed by atoms with van der Waals surface area (Å²) in [7, 11) is 3.01. The predicted octanol–water partition coefficient (Wildman–Crippen LogP) is 1.80. The normalized spacial score (nSPS) is 10.4. The first-order valence-corrected chi connectivity index (χ1v) is 6.01. The quantitative estimate of drug-likeness (QED) is 0.853. The number of hydrogen-bond acceptors (Lipinski definition) is 3. The lowest BCUT2D eigenvalue weighted by Gasteiger charge is -2.16. The first-order valence-electron chi connectivity index (χ1n) is 6.01. The van der Waals surface area contributed by atoms with Gasteiger partial charge in [-0.3, -0.25) is 9.59 Å². The second kappa shape index (κ2) is 5.56. The summed E-state index contributed by atoms with van der Waals surface area (Å²) in [5, 5.41) is 0.993. The van der Waals surface area contributed by atoms with Gasteiger partial charge in [0.05, 0.1) is 13.5 Å². The van der Waals surface area contributed by atoms with E-state index in [-0.39, 0.29) is 18.3 Å². The average molecular weight is 260 g/mol. The van der Waals surface area contributed by atoms with Crippen LogP contribution in [0.15, 0.2) is 30.5 Å². The van der Waals surface area contributed by atoms with Crippen LogP contribution in [-0.2, 0) is 9.53 Å². The number of carbonyl (C=O) groups excluding carboxylic acids is 2. The first kappa shape index (κ1) is 13.1. The van der Waals surface area contributed by atoms with E-state index >= 15 is 0 Å². The number of esters is 1. The fourth-order valence-corrected chi connectivity index (χ4v) is 1.87. The maximum absolute atomic E-state index is 12.2. The Hall–Kier alpha value is -2.30. The van der Waals surface area contributed by atoms with Gasteiger partial charge in [-0.05, 0) is 24.3 Å². The molecule has 5 heteroatoms. The zero-order chi connectivity index (χ0) is 13.8. The third kappa shape index (κ3) is 2.93. The molecule has 1 amide bonds. The van der Waals surface area contributed by atoms with E-state index in [0.29, 0.717) is 12.1 Å². The molecule has 1 heterocycles. The molecule has 1 N–H and O–H groups in total. The number of nitrogens with one attached hydrogen (secondary N) is 1.